The van der Waals surface area contributed by atoms with Crippen molar-refractivity contribution in [3.05, 3.63) is 70.5 Å². The van der Waals surface area contributed by atoms with Crippen LogP contribution in [0.1, 0.15) is 15.9 Å². The first kappa shape index (κ1) is 26.3. The Hall–Kier alpha value is -4.78. The number of para-hydroxylation sites is 1. The number of hydrogen-bond acceptors (Lipinski definition) is 9. The summed E-state index contributed by atoms with van der Waals surface area (Å²) in [5, 5.41) is 22.0. The third-order valence-electron chi connectivity index (χ3n) is 5.70. The van der Waals surface area contributed by atoms with Gasteiger partial charge in [0.1, 0.15) is 24.7 Å². The molecule has 12 nitrogen and oxygen atoms in total. The van der Waals surface area contributed by atoms with E-state index in [1.807, 2.05) is 19.1 Å². The van der Waals surface area contributed by atoms with Gasteiger partial charge in [0, 0.05) is 23.5 Å². The van der Waals surface area contributed by atoms with Crippen molar-refractivity contribution in [2.75, 3.05) is 19.0 Å². The number of esters is 1. The number of aromatic hydroxyl groups is 1. The summed E-state index contributed by atoms with van der Waals surface area (Å²) >= 11 is 5.22. The lowest BCUT2D eigenvalue weighted by Gasteiger charge is -2.21. The van der Waals surface area contributed by atoms with Crippen LogP contribution in [0, 0.1) is 11.7 Å². The van der Waals surface area contributed by atoms with Crippen LogP contribution >= 0.6 is 12.2 Å². The van der Waals surface area contributed by atoms with E-state index in [9.17, 15) is 19.5 Å². The van der Waals surface area contributed by atoms with Crippen molar-refractivity contribution in [3.63, 3.8) is 0 Å². The van der Waals surface area contributed by atoms with E-state index in [1.165, 1.54) is 22.5 Å². The summed E-state index contributed by atoms with van der Waals surface area (Å²) in [6.45, 7) is 1.11. The number of anilines is 1. The lowest BCUT2D eigenvalue weighted by Crippen LogP contribution is -2.39. The van der Waals surface area contributed by atoms with Crippen molar-refractivity contribution >= 4 is 46.6 Å². The molecule has 196 valence electrons. The van der Waals surface area contributed by atoms with Crippen LogP contribution in [0.25, 0.3) is 10.8 Å². The maximum atomic E-state index is 13.3. The average Bonchev–Trinajstić information content (AvgIpc) is 3.23. The van der Waals surface area contributed by atoms with E-state index in [-0.39, 0.29) is 28.5 Å². The summed E-state index contributed by atoms with van der Waals surface area (Å²) in [7, 11) is 2.77. The number of nitrogens with one attached hydrogen (secondary N) is 1. The highest BCUT2D eigenvalue weighted by Crippen LogP contribution is 2.37. The number of phenolic OH excluding ortho intramolecular Hbond substituents is 1. The first-order valence-corrected chi connectivity index (χ1v) is 11.7. The van der Waals surface area contributed by atoms with Crippen molar-refractivity contribution in [3.8, 4) is 11.5 Å². The van der Waals surface area contributed by atoms with E-state index in [0.717, 1.165) is 10.5 Å². The number of tetrazole rings is 1. The zero-order chi connectivity index (χ0) is 27.4. The molecule has 1 aromatic heterocycles. The minimum absolute atomic E-state index is 0.00376. The highest BCUT2D eigenvalue weighted by Gasteiger charge is 2.25. The van der Waals surface area contributed by atoms with Crippen molar-refractivity contribution in [2.45, 2.75) is 13.6 Å². The molecule has 0 unspecified atom stereocenters. The topological polar surface area (TPSA) is 141 Å². The molecular formula is C25H24N6O6S. The summed E-state index contributed by atoms with van der Waals surface area (Å²) in [5.41, 5.74) is 1.29. The molecule has 2 amide bonds. The highest BCUT2D eigenvalue weighted by atomic mass is 32.1. The Morgan fingerprint density at radius 3 is 2.42 bits per heavy atom. The maximum absolute atomic E-state index is 13.3. The molecule has 0 bridgehead atoms. The molecule has 0 saturated carbocycles. The van der Waals surface area contributed by atoms with Crippen molar-refractivity contribution in [2.24, 2.45) is 7.05 Å². The van der Waals surface area contributed by atoms with Crippen LogP contribution in [0.4, 0.5) is 10.5 Å². The molecule has 38 heavy (non-hydrogen) atoms. The molecule has 13 heteroatoms. The monoisotopic (exact) mass is 536 g/mol. The van der Waals surface area contributed by atoms with Gasteiger partial charge >= 0.3 is 12.1 Å². The van der Waals surface area contributed by atoms with Gasteiger partial charge in [0.25, 0.3) is 5.91 Å². The smallest absolute Gasteiger partial charge is 0.417 e. The van der Waals surface area contributed by atoms with Gasteiger partial charge in [-0.15, -0.1) is 0 Å². The fourth-order valence-corrected chi connectivity index (χ4v) is 3.77. The van der Waals surface area contributed by atoms with Crippen LogP contribution < -0.4 is 10.1 Å². The van der Waals surface area contributed by atoms with Gasteiger partial charge in [-0.05, 0) is 47.3 Å². The molecule has 0 atom stereocenters. The van der Waals surface area contributed by atoms with Gasteiger partial charge in [0.2, 0.25) is 4.77 Å². The Morgan fingerprint density at radius 1 is 1.08 bits per heavy atom. The number of amides is 2. The Morgan fingerprint density at radius 2 is 1.76 bits per heavy atom. The fraction of sp³-hybridized carbons (Fsp3) is 0.200. The lowest BCUT2D eigenvalue weighted by molar-refractivity contribution is -0.141. The van der Waals surface area contributed by atoms with Crippen molar-refractivity contribution in [1.29, 1.82) is 0 Å². The third kappa shape index (κ3) is 5.47. The number of phenols is 1. The summed E-state index contributed by atoms with van der Waals surface area (Å²) in [6.07, 6.45) is -0.941. The molecule has 0 spiro atoms. The summed E-state index contributed by atoms with van der Waals surface area (Å²) < 4.78 is 13.1. The molecule has 0 aliphatic rings. The second kappa shape index (κ2) is 11.1. The Bertz CT molecular complexity index is 1600. The van der Waals surface area contributed by atoms with Gasteiger partial charge in [-0.25, -0.2) is 9.48 Å². The molecule has 0 fully saturated rings. The number of benzene rings is 3. The molecule has 0 aliphatic heterocycles. The molecule has 2 N–H and O–H groups in total. The van der Waals surface area contributed by atoms with Gasteiger partial charge in [-0.1, -0.05) is 42.5 Å². The van der Waals surface area contributed by atoms with E-state index in [2.05, 4.69) is 15.7 Å². The predicted molar refractivity (Wildman–Crippen MR) is 139 cm³/mol. The number of nitrogens with zero attached hydrogens (tertiary/aromatic N) is 5. The number of fused-ring (bicyclic) bond motifs is 1. The van der Waals surface area contributed by atoms with Crippen LogP contribution in [0.3, 0.4) is 0 Å². The lowest BCUT2D eigenvalue weighted by atomic mass is 10.0. The second-order valence-electron chi connectivity index (χ2n) is 8.25. The molecule has 4 aromatic rings. The quantitative estimate of drug-likeness (QED) is 0.269. The third-order valence-corrected chi connectivity index (χ3v) is 6.18. The van der Waals surface area contributed by atoms with Crippen LogP contribution in [0.2, 0.25) is 0 Å². The molecule has 3 aromatic carbocycles. The van der Waals surface area contributed by atoms with E-state index in [4.69, 9.17) is 21.7 Å². The summed E-state index contributed by atoms with van der Waals surface area (Å²) in [5.74, 6) is -1.58. The summed E-state index contributed by atoms with van der Waals surface area (Å²) in [4.78, 5) is 39.5. The van der Waals surface area contributed by atoms with Gasteiger partial charge < -0.3 is 19.9 Å². The van der Waals surface area contributed by atoms with Gasteiger partial charge in [-0.2, -0.15) is 4.68 Å². The van der Waals surface area contributed by atoms with E-state index in [0.29, 0.717) is 16.5 Å². The Balaban J connectivity index is 1.70. The molecule has 0 saturated heterocycles. The number of carbonyl (C=O) groups excluding carboxylic acids is 3. The number of methoxy groups -OCH3 is 1. The largest absolute Gasteiger partial charge is 0.506 e. The number of rotatable bonds is 7. The zero-order valence-electron chi connectivity index (χ0n) is 20.7. The van der Waals surface area contributed by atoms with Gasteiger partial charge in [0.15, 0.2) is 0 Å². The van der Waals surface area contributed by atoms with Crippen LogP contribution in [-0.4, -0.2) is 61.4 Å². The van der Waals surface area contributed by atoms with E-state index in [1.54, 1.807) is 43.4 Å². The number of hydrogen-bond donors (Lipinski definition) is 2. The fourth-order valence-electron chi connectivity index (χ4n) is 3.64. The van der Waals surface area contributed by atoms with Gasteiger partial charge in [-0.3, -0.25) is 14.5 Å². The van der Waals surface area contributed by atoms with Crippen LogP contribution in [-0.2, 0) is 23.2 Å². The zero-order valence-corrected chi connectivity index (χ0v) is 21.6. The normalized spacial score (nSPS) is 10.7. The average molecular weight is 537 g/mol. The predicted octanol–water partition coefficient (Wildman–Crippen LogP) is 3.40. The molecule has 0 radical (unpaired) electrons. The van der Waals surface area contributed by atoms with Gasteiger partial charge in [0.05, 0.1) is 12.7 Å². The van der Waals surface area contributed by atoms with E-state index >= 15 is 0 Å². The number of ether oxygens (including phenoxy) is 2. The first-order valence-electron chi connectivity index (χ1n) is 11.3. The van der Waals surface area contributed by atoms with Crippen molar-refractivity contribution < 1.29 is 29.0 Å². The SMILES string of the molecule is COC(=O)CN(Cn1nnn(C)c1=S)C(=O)Oc1cc(C(=O)Nc2ccccc2C)c(O)c2ccccc12. The standard InChI is InChI=1S/C25H24N6O6S/c1-15-8-4-7-11-19(15)26-23(34)18-12-20(16-9-5-6-10-17(16)22(18)33)37-25(35)30(13-21(32)36-3)14-31-24(38)29(2)27-28-31/h4-12,33H,13-14H2,1-3H3,(H,26,34). The van der Waals surface area contributed by atoms with Crippen molar-refractivity contribution in [1.82, 2.24) is 24.7 Å². The number of aromatic nitrogens is 4. The minimum Gasteiger partial charge on any atom is -0.506 e. The molecule has 1 heterocycles. The Kier molecular flexibility index (Phi) is 7.67. The maximum Gasteiger partial charge on any atom is 0.417 e. The number of carbonyl (C=O) groups is 3. The van der Waals surface area contributed by atoms with Crippen LogP contribution in [0.5, 0.6) is 11.5 Å². The van der Waals surface area contributed by atoms with E-state index < -0.39 is 24.5 Å². The molecular weight excluding hydrogens is 512 g/mol. The summed E-state index contributed by atoms with van der Waals surface area (Å²) in [6, 6.07) is 15.0. The second-order valence-corrected chi connectivity index (χ2v) is 8.62. The minimum atomic E-state index is -0.941. The first-order chi connectivity index (χ1) is 18.2. The molecule has 0 aliphatic carbocycles. The molecule has 4 rings (SSSR count). The number of aryl methyl sites for hydroxylation is 2. The van der Waals surface area contributed by atoms with Crippen LogP contribution in [0.15, 0.2) is 54.6 Å². The highest BCUT2D eigenvalue weighted by molar-refractivity contribution is 7.71. The Labute approximate surface area is 222 Å².